The summed E-state index contributed by atoms with van der Waals surface area (Å²) in [4.78, 5) is 37.3. The Hall–Kier alpha value is -5.70. The van der Waals surface area contributed by atoms with Crippen LogP contribution in [0.1, 0.15) is 58.7 Å². The van der Waals surface area contributed by atoms with Crippen molar-refractivity contribution in [3.05, 3.63) is 104 Å². The van der Waals surface area contributed by atoms with E-state index in [1.54, 1.807) is 0 Å². The molecule has 0 spiro atoms. The number of nitrogens with zero attached hydrogens (tertiary/aromatic N) is 6. The highest BCUT2D eigenvalue weighted by atomic mass is 35.5. The molecule has 3 aromatic heterocycles. The van der Waals surface area contributed by atoms with Gasteiger partial charge in [-0.25, -0.2) is 35.9 Å². The van der Waals surface area contributed by atoms with Crippen molar-refractivity contribution in [2.24, 2.45) is 16.0 Å². The molecule has 7 rings (SSSR count). The van der Waals surface area contributed by atoms with Gasteiger partial charge in [-0.05, 0) is 42.2 Å². The Balaban J connectivity index is 1.44. The number of ether oxygens (including phenoxy) is 1. The largest absolute Gasteiger partial charge is 0.495 e. The van der Waals surface area contributed by atoms with Gasteiger partial charge >= 0.3 is 0 Å². The molecule has 5 aromatic rings. The summed E-state index contributed by atoms with van der Waals surface area (Å²) < 4.78 is 122. The Bertz CT molecular complexity index is 2670. The van der Waals surface area contributed by atoms with Crippen molar-refractivity contribution >= 4 is 50.1 Å². The number of benzene rings is 2. The first-order valence-electron chi connectivity index (χ1n) is 16.9. The third kappa shape index (κ3) is 7.24. The number of hydrogen-bond acceptors (Lipinski definition) is 9. The molecule has 2 unspecified atom stereocenters. The molecule has 0 radical (unpaired) electrons. The Morgan fingerprint density at radius 1 is 1.18 bits per heavy atom. The van der Waals surface area contributed by atoms with Crippen LogP contribution in [-0.2, 0) is 33.7 Å². The van der Waals surface area contributed by atoms with Gasteiger partial charge in [-0.15, -0.1) is 4.40 Å². The number of alkyl halides is 4. The van der Waals surface area contributed by atoms with E-state index in [0.29, 0.717) is 10.7 Å². The van der Waals surface area contributed by atoms with Gasteiger partial charge in [0.1, 0.15) is 52.5 Å². The fraction of sp³-hybridized carbons (Fsp3) is 0.314. The smallest absolute Gasteiger partial charge is 0.293 e. The summed E-state index contributed by atoms with van der Waals surface area (Å²) in [5, 5.41) is 8.98. The molecule has 22 heteroatoms. The van der Waals surface area contributed by atoms with Gasteiger partial charge in [0.15, 0.2) is 5.52 Å². The van der Waals surface area contributed by atoms with Crippen LogP contribution in [0.25, 0.3) is 16.7 Å². The maximum Gasteiger partial charge on any atom is 0.293 e. The number of rotatable bonds is 12. The Kier molecular flexibility index (Phi) is 9.95. The maximum atomic E-state index is 15.4. The highest BCUT2D eigenvalue weighted by Crippen LogP contribution is 2.68. The number of nitrogens with one attached hydrogen (secondary N) is 2. The Labute approximate surface area is 323 Å². The van der Waals surface area contributed by atoms with Crippen LogP contribution >= 0.6 is 11.6 Å². The summed E-state index contributed by atoms with van der Waals surface area (Å²) in [5.74, 6) is -9.45. The van der Waals surface area contributed by atoms with Crippen LogP contribution in [-0.4, -0.2) is 64.9 Å². The molecule has 3 heterocycles. The van der Waals surface area contributed by atoms with Crippen LogP contribution in [0.3, 0.4) is 0 Å². The molecule has 14 nitrogen and oxygen atoms in total. The van der Waals surface area contributed by atoms with Gasteiger partial charge < -0.3 is 21.1 Å². The molecular weight excluding hydrogens is 808 g/mol. The molecule has 2 aliphatic carbocycles. The van der Waals surface area contributed by atoms with E-state index in [2.05, 4.69) is 30.1 Å². The van der Waals surface area contributed by atoms with Crippen LogP contribution < -0.4 is 26.7 Å². The first-order valence-corrected chi connectivity index (χ1v) is 19.1. The monoisotopic (exact) mass is 837 g/mol. The molecular formula is C35H30ClF6N9O5S. The number of methoxy groups -OCH3 is 1. The van der Waals surface area contributed by atoms with Crippen LogP contribution in [0.5, 0.6) is 5.75 Å². The zero-order valence-corrected chi connectivity index (χ0v) is 31.4. The number of carbonyl (C=O) groups excluding carboxylic acids is 1. The van der Waals surface area contributed by atoms with Gasteiger partial charge in [-0.2, -0.15) is 13.9 Å². The van der Waals surface area contributed by atoms with Gasteiger partial charge in [0.2, 0.25) is 5.91 Å². The van der Waals surface area contributed by atoms with Crippen molar-refractivity contribution in [3.8, 4) is 11.4 Å². The van der Waals surface area contributed by atoms with Gasteiger partial charge in [0, 0.05) is 37.1 Å². The minimum atomic E-state index is -4.08. The molecule has 1 fully saturated rings. The van der Waals surface area contributed by atoms with Gasteiger partial charge in [0.25, 0.3) is 27.9 Å². The quantitative estimate of drug-likeness (QED) is 0.0889. The average Bonchev–Trinajstić information content (AvgIpc) is 3.78. The minimum Gasteiger partial charge on any atom is -0.495 e. The normalized spacial score (nSPS) is 17.7. The van der Waals surface area contributed by atoms with E-state index in [1.165, 1.54) is 38.6 Å². The Morgan fingerprint density at radius 2 is 1.88 bits per heavy atom. The summed E-state index contributed by atoms with van der Waals surface area (Å²) in [6, 6.07) is 4.85. The lowest BCUT2D eigenvalue weighted by Crippen LogP contribution is -2.38. The van der Waals surface area contributed by atoms with Crippen LogP contribution in [0.4, 0.5) is 32.0 Å². The zero-order chi connectivity index (χ0) is 41.3. The number of pyridine rings is 1. The number of sulfonamides is 1. The van der Waals surface area contributed by atoms with Crippen molar-refractivity contribution < 1.29 is 44.3 Å². The van der Waals surface area contributed by atoms with Crippen molar-refractivity contribution in [1.82, 2.24) is 29.6 Å². The van der Waals surface area contributed by atoms with E-state index < -0.39 is 93.5 Å². The summed E-state index contributed by atoms with van der Waals surface area (Å²) in [6.45, 7) is -1.00. The second kappa shape index (κ2) is 14.4. The molecule has 0 saturated heterocycles. The fourth-order valence-corrected chi connectivity index (χ4v) is 7.95. The number of fused-ring (bicyclic) bond motifs is 4. The van der Waals surface area contributed by atoms with Gasteiger partial charge in [0.05, 0.1) is 47.6 Å². The van der Waals surface area contributed by atoms with E-state index in [0.717, 1.165) is 23.0 Å². The molecule has 1 amide bonds. The minimum absolute atomic E-state index is 0.0124. The lowest BCUT2D eigenvalue weighted by molar-refractivity contribution is -0.123. The number of aromatic nitrogens is 5. The van der Waals surface area contributed by atoms with E-state index in [9.17, 15) is 35.6 Å². The summed E-state index contributed by atoms with van der Waals surface area (Å²) in [7, 11) is -1.37. The number of carbonyl (C=O) groups is 1. The summed E-state index contributed by atoms with van der Waals surface area (Å²) >= 11 is 6.48. The van der Waals surface area contributed by atoms with Gasteiger partial charge in [-0.1, -0.05) is 11.6 Å². The standard InChI is InChI=1S/C35H30ClF6N9O5S/c1-44-28-23(5-4-20(36)26(28)32(43)49-57(3,54)55)51-33(47-21-10-17(56-2)12-45-27(21)34(51)53)22(8-14-6-15(37)9-16(38)7-14)46-24(52)13-50-30-25(29(48-50)31(39)40)18-11-19(18)35(30,41)42/h4-7,9-10,12,18-19,22,31,44H,8,11,13H2,1-3H3,(H2,43,49)(H,46,52)/t18?,19?,22-/m0/s1. The third-order valence-electron chi connectivity index (χ3n) is 9.56. The van der Waals surface area contributed by atoms with E-state index in [4.69, 9.17) is 22.1 Å². The van der Waals surface area contributed by atoms with E-state index in [-0.39, 0.29) is 62.1 Å². The highest BCUT2D eigenvalue weighted by molar-refractivity contribution is 7.89. The molecule has 2 aliphatic rings. The molecule has 0 aliphatic heterocycles. The number of amides is 1. The predicted octanol–water partition coefficient (Wildman–Crippen LogP) is 4.87. The first kappa shape index (κ1) is 39.5. The molecule has 4 N–H and O–H groups in total. The molecule has 57 heavy (non-hydrogen) atoms. The number of hydrogen-bond donors (Lipinski definition) is 3. The van der Waals surface area contributed by atoms with Gasteiger partial charge in [-0.3, -0.25) is 18.8 Å². The van der Waals surface area contributed by atoms with Crippen molar-refractivity contribution in [1.29, 1.82) is 0 Å². The average molecular weight is 838 g/mol. The predicted molar refractivity (Wildman–Crippen MR) is 195 cm³/mol. The molecule has 3 atom stereocenters. The molecule has 300 valence electrons. The zero-order valence-electron chi connectivity index (χ0n) is 29.8. The lowest BCUT2D eigenvalue weighted by atomic mass is 10.0. The fourth-order valence-electron chi connectivity index (χ4n) is 7.25. The first-order chi connectivity index (χ1) is 26.8. The summed E-state index contributed by atoms with van der Waals surface area (Å²) in [6.07, 6.45) is -1.71. The SMILES string of the molecule is CNc1c(-n2c([C@H](Cc3cc(F)cc(F)c3)NC(=O)Cn3nc(C(F)F)c4c3C(F)(F)C3CC43)nc3cc(OC)cnc3c2=O)ccc(Cl)c1C(N)=NS(C)(=O)=O. The Morgan fingerprint density at radius 3 is 2.51 bits per heavy atom. The van der Waals surface area contributed by atoms with Crippen molar-refractivity contribution in [2.75, 3.05) is 25.7 Å². The second-order valence-electron chi connectivity index (χ2n) is 13.4. The number of halogens is 7. The molecule has 0 bridgehead atoms. The summed E-state index contributed by atoms with van der Waals surface area (Å²) in [5.41, 5.74) is 2.50. The topological polar surface area (TPSA) is 188 Å². The highest BCUT2D eigenvalue weighted by Gasteiger charge is 2.67. The third-order valence-corrected chi connectivity index (χ3v) is 10.4. The van der Waals surface area contributed by atoms with E-state index >= 15 is 8.78 Å². The second-order valence-corrected chi connectivity index (χ2v) is 15.5. The molecule has 1 saturated carbocycles. The van der Waals surface area contributed by atoms with Crippen LogP contribution in [0.2, 0.25) is 5.02 Å². The lowest BCUT2D eigenvalue weighted by Gasteiger charge is -2.25. The van der Waals surface area contributed by atoms with Crippen molar-refractivity contribution in [3.63, 3.8) is 0 Å². The van der Waals surface area contributed by atoms with E-state index in [1.807, 2.05) is 0 Å². The van der Waals surface area contributed by atoms with Crippen LogP contribution in [0.15, 0.2) is 51.8 Å². The number of amidine groups is 1. The number of nitrogens with two attached hydrogens (primary N) is 1. The molecule has 2 aromatic carbocycles. The van der Waals surface area contributed by atoms with Crippen molar-refractivity contribution in [2.45, 2.75) is 43.7 Å². The number of anilines is 1. The maximum absolute atomic E-state index is 15.4. The van der Waals surface area contributed by atoms with Crippen LogP contribution in [0, 0.1) is 17.6 Å².